The molecule has 1 radical (unpaired) electrons. The molecule has 36 heavy (non-hydrogen) atoms. The Morgan fingerprint density at radius 1 is 0.861 bits per heavy atom. The molecule has 3 heteroatoms. The highest BCUT2D eigenvalue weighted by Gasteiger charge is 2.35. The Morgan fingerprint density at radius 2 is 1.50 bits per heavy atom. The molecule has 0 spiro atoms. The third kappa shape index (κ3) is 4.58. The molecule has 0 fully saturated rings. The number of hydrogen-bond donors (Lipinski definition) is 1. The molecule has 0 aromatic heterocycles. The highest BCUT2D eigenvalue weighted by molar-refractivity contribution is 5.58. The lowest BCUT2D eigenvalue weighted by molar-refractivity contribution is 0.0165. The maximum absolute atomic E-state index is 10.4. The largest absolute Gasteiger partial charge is 0.507 e. The minimum absolute atomic E-state index is 0.138. The molecule has 4 aromatic carbocycles. The van der Waals surface area contributed by atoms with Crippen LogP contribution in [0.25, 0.3) is 0 Å². The lowest BCUT2D eigenvalue weighted by atomic mass is 9.85. The zero-order valence-electron chi connectivity index (χ0n) is 21.5. The van der Waals surface area contributed by atoms with E-state index in [1.807, 2.05) is 45.0 Å². The monoisotopic (exact) mass is 477 g/mol. The van der Waals surface area contributed by atoms with Crippen LogP contribution in [0.15, 0.2) is 78.9 Å². The number of benzene rings is 4. The molecule has 0 bridgehead atoms. The number of phenolic OH excluding ortho intramolecular Hbond substituents is 1. The lowest BCUT2D eigenvalue weighted by Gasteiger charge is -2.37. The fourth-order valence-corrected chi connectivity index (χ4v) is 5.19. The van der Waals surface area contributed by atoms with Gasteiger partial charge in [-0.25, -0.2) is 0 Å². The molecule has 1 heterocycles. The van der Waals surface area contributed by atoms with E-state index in [4.69, 9.17) is 9.47 Å². The van der Waals surface area contributed by atoms with Crippen LogP contribution in [0.5, 0.6) is 17.2 Å². The van der Waals surface area contributed by atoms with Crippen molar-refractivity contribution in [3.63, 3.8) is 0 Å². The minimum Gasteiger partial charge on any atom is -0.507 e. The van der Waals surface area contributed by atoms with Crippen LogP contribution in [0.1, 0.15) is 58.2 Å². The summed E-state index contributed by atoms with van der Waals surface area (Å²) in [5.74, 6) is 2.13. The Hall–Kier alpha value is -3.72. The molecule has 5 rings (SSSR count). The van der Waals surface area contributed by atoms with Crippen molar-refractivity contribution in [3.05, 3.63) is 124 Å². The second-order valence-corrected chi connectivity index (χ2v) is 10.1. The van der Waals surface area contributed by atoms with Gasteiger partial charge in [0.25, 0.3) is 0 Å². The summed E-state index contributed by atoms with van der Waals surface area (Å²) in [7, 11) is 0. The van der Waals surface area contributed by atoms with Crippen LogP contribution in [-0.2, 0) is 6.42 Å². The standard InChI is InChI=1S/C33H33O3/c1-22-23(2)32-29(24(3)31(22)34)19-20-33(4,36-32)21-35-28-17-15-27(16-18-28)30(25-11-7-5-8-12-25)26-13-9-6-10-14-26/h5-17,30,34H,19-21H2,1-4H3. The van der Waals surface area contributed by atoms with Gasteiger partial charge < -0.3 is 14.6 Å². The Morgan fingerprint density at radius 3 is 2.08 bits per heavy atom. The number of phenols is 1. The Bertz CT molecular complexity index is 1300. The van der Waals surface area contributed by atoms with Gasteiger partial charge in [0, 0.05) is 17.5 Å². The third-order valence-corrected chi connectivity index (χ3v) is 7.53. The van der Waals surface area contributed by atoms with Crippen molar-refractivity contribution in [1.29, 1.82) is 0 Å². The van der Waals surface area contributed by atoms with Crippen molar-refractivity contribution < 1.29 is 14.6 Å². The van der Waals surface area contributed by atoms with Crippen LogP contribution in [0, 0.1) is 26.8 Å². The predicted molar refractivity (Wildman–Crippen MR) is 144 cm³/mol. The van der Waals surface area contributed by atoms with Crippen molar-refractivity contribution >= 4 is 0 Å². The molecule has 1 aliphatic rings. The van der Waals surface area contributed by atoms with Crippen LogP contribution in [0.4, 0.5) is 0 Å². The topological polar surface area (TPSA) is 38.7 Å². The van der Waals surface area contributed by atoms with Gasteiger partial charge >= 0.3 is 0 Å². The molecule has 1 atom stereocenters. The van der Waals surface area contributed by atoms with E-state index in [0.29, 0.717) is 18.1 Å². The average Bonchev–Trinajstić information content (AvgIpc) is 2.92. The van der Waals surface area contributed by atoms with Crippen LogP contribution in [0.2, 0.25) is 0 Å². The number of ether oxygens (including phenoxy) is 2. The van der Waals surface area contributed by atoms with Gasteiger partial charge in [-0.1, -0.05) is 66.7 Å². The molecule has 4 aromatic rings. The van der Waals surface area contributed by atoms with E-state index < -0.39 is 5.60 Å². The summed E-state index contributed by atoms with van der Waals surface area (Å²) in [5, 5.41) is 10.4. The summed E-state index contributed by atoms with van der Waals surface area (Å²) in [4.78, 5) is 0. The van der Waals surface area contributed by atoms with Crippen LogP contribution in [0.3, 0.4) is 0 Å². The Balaban J connectivity index is 1.34. The third-order valence-electron chi connectivity index (χ3n) is 7.53. The van der Waals surface area contributed by atoms with E-state index in [2.05, 4.69) is 67.6 Å². The van der Waals surface area contributed by atoms with E-state index in [0.717, 1.165) is 40.8 Å². The first kappa shape index (κ1) is 24.0. The highest BCUT2D eigenvalue weighted by Crippen LogP contribution is 2.43. The summed E-state index contributed by atoms with van der Waals surface area (Å²) < 4.78 is 12.7. The predicted octanol–water partition coefficient (Wildman–Crippen LogP) is 7.46. The van der Waals surface area contributed by atoms with Gasteiger partial charge in [0.05, 0.1) is 0 Å². The zero-order chi connectivity index (χ0) is 25.3. The number of rotatable bonds is 6. The maximum Gasteiger partial charge on any atom is 0.140 e. The molecule has 0 amide bonds. The van der Waals surface area contributed by atoms with Gasteiger partial charge in [0.1, 0.15) is 29.5 Å². The van der Waals surface area contributed by atoms with Gasteiger partial charge in [0.15, 0.2) is 0 Å². The molecule has 1 aliphatic heterocycles. The summed E-state index contributed by atoms with van der Waals surface area (Å²) in [6, 6.07) is 30.7. The molecule has 1 unspecified atom stereocenters. The SMILES string of the molecule is Cc1c(C)c2c(c(C)c1O)CCC(C)(COc1[c]cc(C(c3ccccc3)c3ccccc3)cc1)O2. The molecule has 0 saturated carbocycles. The second-order valence-electron chi connectivity index (χ2n) is 10.1. The van der Waals surface area contributed by atoms with Crippen molar-refractivity contribution in [2.45, 2.75) is 52.1 Å². The average molecular weight is 478 g/mol. The van der Waals surface area contributed by atoms with E-state index >= 15 is 0 Å². The van der Waals surface area contributed by atoms with Gasteiger partial charge in [-0.2, -0.15) is 0 Å². The molecular formula is C33H33O3. The fourth-order valence-electron chi connectivity index (χ4n) is 5.19. The summed E-state index contributed by atoms with van der Waals surface area (Å²) in [6.45, 7) is 8.46. The molecule has 183 valence electrons. The quantitative estimate of drug-likeness (QED) is 0.293. The van der Waals surface area contributed by atoms with E-state index in [9.17, 15) is 5.11 Å². The highest BCUT2D eigenvalue weighted by atomic mass is 16.5. The molecule has 0 aliphatic carbocycles. The molecule has 0 saturated heterocycles. The van der Waals surface area contributed by atoms with E-state index in [1.165, 1.54) is 16.7 Å². The van der Waals surface area contributed by atoms with Crippen LogP contribution < -0.4 is 9.47 Å². The normalized spacial score (nSPS) is 16.9. The summed E-state index contributed by atoms with van der Waals surface area (Å²) >= 11 is 0. The molecular weight excluding hydrogens is 444 g/mol. The van der Waals surface area contributed by atoms with Gasteiger partial charge in [0.2, 0.25) is 0 Å². The minimum atomic E-state index is -0.448. The zero-order valence-corrected chi connectivity index (χ0v) is 21.5. The van der Waals surface area contributed by atoms with Crippen molar-refractivity contribution in [1.82, 2.24) is 0 Å². The Kier molecular flexibility index (Phi) is 6.49. The van der Waals surface area contributed by atoms with E-state index in [1.54, 1.807) is 0 Å². The summed E-state index contributed by atoms with van der Waals surface area (Å²) in [5.41, 5.74) is 7.14. The second kappa shape index (κ2) is 9.73. The summed E-state index contributed by atoms with van der Waals surface area (Å²) in [6.07, 6.45) is 1.68. The first-order valence-corrected chi connectivity index (χ1v) is 12.6. The van der Waals surface area contributed by atoms with Crippen molar-refractivity contribution in [3.8, 4) is 17.2 Å². The van der Waals surface area contributed by atoms with Gasteiger partial charge in [-0.3, -0.25) is 0 Å². The van der Waals surface area contributed by atoms with Gasteiger partial charge in [-0.05, 0) is 86.1 Å². The molecule has 3 nitrogen and oxygen atoms in total. The Labute approximate surface area is 214 Å². The van der Waals surface area contributed by atoms with Crippen molar-refractivity contribution in [2.75, 3.05) is 6.61 Å². The number of fused-ring (bicyclic) bond motifs is 1. The fraction of sp³-hybridized carbons (Fsp3) is 0.273. The lowest BCUT2D eigenvalue weighted by Crippen LogP contribution is -2.42. The molecule has 1 N–H and O–H groups in total. The van der Waals surface area contributed by atoms with Crippen molar-refractivity contribution in [2.24, 2.45) is 0 Å². The van der Waals surface area contributed by atoms with Crippen LogP contribution in [-0.4, -0.2) is 17.3 Å². The smallest absolute Gasteiger partial charge is 0.140 e. The first-order chi connectivity index (χ1) is 17.4. The maximum atomic E-state index is 10.4. The van der Waals surface area contributed by atoms with E-state index in [-0.39, 0.29) is 5.92 Å². The number of hydrogen-bond acceptors (Lipinski definition) is 3. The van der Waals surface area contributed by atoms with Gasteiger partial charge in [-0.15, -0.1) is 0 Å². The first-order valence-electron chi connectivity index (χ1n) is 12.6. The number of aromatic hydroxyl groups is 1. The van der Waals surface area contributed by atoms with Crippen LogP contribution >= 0.6 is 0 Å².